The first-order valence-electron chi connectivity index (χ1n) is 7.00. The molecule has 1 atom stereocenters. The zero-order chi connectivity index (χ0) is 17.7. The van der Waals surface area contributed by atoms with Crippen LogP contribution in [0.5, 0.6) is 5.75 Å². The molecule has 3 amide bonds. The summed E-state index contributed by atoms with van der Waals surface area (Å²) in [5, 5.41) is 9.79. The second-order valence-corrected chi connectivity index (χ2v) is 6.22. The number of carbonyl (C=O) groups is 2. The Morgan fingerprint density at radius 3 is 2.58 bits per heavy atom. The van der Waals surface area contributed by atoms with Crippen molar-refractivity contribution in [3.05, 3.63) is 35.7 Å². The number of imide groups is 1. The highest BCUT2D eigenvalue weighted by Gasteiger charge is 2.20. The van der Waals surface area contributed by atoms with Crippen LogP contribution in [-0.4, -0.2) is 39.2 Å². The molecule has 1 aromatic carbocycles. The maximum absolute atomic E-state index is 11.7. The Morgan fingerprint density at radius 1 is 1.33 bits per heavy atom. The number of hydrogen-bond donors (Lipinski definition) is 3. The third-order valence-electron chi connectivity index (χ3n) is 3.15. The highest BCUT2D eigenvalue weighted by Crippen LogP contribution is 2.22. The molecular formula is C14H18N6O3S. The van der Waals surface area contributed by atoms with Crippen LogP contribution in [-0.2, 0) is 11.2 Å². The lowest BCUT2D eigenvalue weighted by Gasteiger charge is -2.09. The lowest BCUT2D eigenvalue weighted by molar-refractivity contribution is -0.119. The van der Waals surface area contributed by atoms with E-state index in [1.807, 2.05) is 29.6 Å². The van der Waals surface area contributed by atoms with E-state index in [-0.39, 0.29) is 0 Å². The summed E-state index contributed by atoms with van der Waals surface area (Å²) in [5.74, 6) is 6.77. The molecule has 0 radical (unpaired) electrons. The monoisotopic (exact) mass is 350 g/mol. The van der Waals surface area contributed by atoms with E-state index >= 15 is 0 Å². The van der Waals surface area contributed by atoms with Crippen LogP contribution in [0.4, 0.5) is 4.79 Å². The molecule has 2 aromatic rings. The van der Waals surface area contributed by atoms with Crippen LogP contribution in [0, 0.1) is 0 Å². The van der Waals surface area contributed by atoms with Gasteiger partial charge in [0.2, 0.25) is 11.1 Å². The average molecular weight is 350 g/mol. The van der Waals surface area contributed by atoms with E-state index in [9.17, 15) is 9.59 Å². The van der Waals surface area contributed by atoms with Crippen LogP contribution in [0.25, 0.3) is 0 Å². The van der Waals surface area contributed by atoms with E-state index in [4.69, 9.17) is 16.3 Å². The fourth-order valence-corrected chi connectivity index (χ4v) is 2.66. The van der Waals surface area contributed by atoms with Gasteiger partial charge in [0.25, 0.3) is 0 Å². The molecule has 9 nitrogen and oxygen atoms in total. The van der Waals surface area contributed by atoms with Gasteiger partial charge in [-0.2, -0.15) is 0 Å². The highest BCUT2D eigenvalue weighted by atomic mass is 32.2. The zero-order valence-corrected chi connectivity index (χ0v) is 14.0. The van der Waals surface area contributed by atoms with Crippen molar-refractivity contribution in [2.75, 3.05) is 13.0 Å². The van der Waals surface area contributed by atoms with E-state index in [1.165, 1.54) is 4.68 Å². The molecule has 0 fully saturated rings. The molecular weight excluding hydrogens is 332 g/mol. The molecule has 2 rings (SSSR count). The van der Waals surface area contributed by atoms with Gasteiger partial charge < -0.3 is 16.3 Å². The van der Waals surface area contributed by atoms with Gasteiger partial charge in [0.1, 0.15) is 5.75 Å². The first-order chi connectivity index (χ1) is 11.4. The standard InChI is InChI=1S/C14H18N6O3S/c1-8(12(21)17-13(15)22)24-14-19-18-11(20(14)16)7-9-3-5-10(23-2)6-4-9/h3-6,8H,7,16H2,1-2H3,(H3,15,17,21,22)/t8-/m1/s1. The predicted molar refractivity (Wildman–Crippen MR) is 89.0 cm³/mol. The summed E-state index contributed by atoms with van der Waals surface area (Å²) in [6.07, 6.45) is 0.482. The quantitative estimate of drug-likeness (QED) is 0.502. The Bertz CT molecular complexity index is 731. The number of benzene rings is 1. The Balaban J connectivity index is 2.04. The van der Waals surface area contributed by atoms with E-state index in [0.29, 0.717) is 17.4 Å². The smallest absolute Gasteiger partial charge is 0.318 e. The predicted octanol–water partition coefficient (Wildman–Crippen LogP) is 0.267. The largest absolute Gasteiger partial charge is 0.497 e. The van der Waals surface area contributed by atoms with Crippen LogP contribution in [0.3, 0.4) is 0 Å². The number of thioether (sulfide) groups is 1. The van der Waals surface area contributed by atoms with E-state index in [2.05, 4.69) is 10.2 Å². The number of aromatic nitrogens is 3. The van der Waals surface area contributed by atoms with Crippen LogP contribution < -0.4 is 21.6 Å². The topological polar surface area (TPSA) is 138 Å². The fraction of sp³-hybridized carbons (Fsp3) is 0.286. The van der Waals surface area contributed by atoms with Gasteiger partial charge in [-0.15, -0.1) is 10.2 Å². The van der Waals surface area contributed by atoms with E-state index in [0.717, 1.165) is 23.1 Å². The van der Waals surface area contributed by atoms with Crippen LogP contribution in [0.15, 0.2) is 29.4 Å². The lowest BCUT2D eigenvalue weighted by Crippen LogP contribution is -2.39. The molecule has 1 heterocycles. The van der Waals surface area contributed by atoms with Gasteiger partial charge in [0.15, 0.2) is 5.82 Å². The first kappa shape index (κ1) is 17.6. The van der Waals surface area contributed by atoms with Gasteiger partial charge in [-0.05, 0) is 24.6 Å². The van der Waals surface area contributed by atoms with E-state index < -0.39 is 17.2 Å². The van der Waals surface area contributed by atoms with Crippen LogP contribution in [0.1, 0.15) is 18.3 Å². The summed E-state index contributed by atoms with van der Waals surface area (Å²) in [4.78, 5) is 22.4. The van der Waals surface area contributed by atoms with Crippen LogP contribution in [0.2, 0.25) is 0 Å². The SMILES string of the molecule is COc1ccc(Cc2nnc(S[C@H](C)C(=O)NC(N)=O)n2N)cc1. The third-order valence-corrected chi connectivity index (χ3v) is 4.21. The number of methoxy groups -OCH3 is 1. The molecule has 0 spiro atoms. The Morgan fingerprint density at radius 2 is 2.00 bits per heavy atom. The number of hydrogen-bond acceptors (Lipinski definition) is 7. The van der Waals surface area contributed by atoms with Crippen molar-refractivity contribution in [2.24, 2.45) is 5.73 Å². The van der Waals surface area contributed by atoms with Gasteiger partial charge in [-0.1, -0.05) is 23.9 Å². The Labute approximate surface area is 142 Å². The van der Waals surface area contributed by atoms with Crippen molar-refractivity contribution < 1.29 is 14.3 Å². The maximum Gasteiger partial charge on any atom is 0.318 e. The number of nitrogen functional groups attached to an aromatic ring is 1. The second kappa shape index (κ2) is 7.68. The van der Waals surface area contributed by atoms with Gasteiger partial charge in [-0.3, -0.25) is 10.1 Å². The Kier molecular flexibility index (Phi) is 5.64. The number of urea groups is 1. The van der Waals surface area contributed by atoms with Gasteiger partial charge in [0, 0.05) is 6.42 Å². The van der Waals surface area contributed by atoms with Crippen molar-refractivity contribution in [3.63, 3.8) is 0 Å². The van der Waals surface area contributed by atoms with Crippen molar-refractivity contribution in [1.29, 1.82) is 0 Å². The minimum Gasteiger partial charge on any atom is -0.497 e. The summed E-state index contributed by atoms with van der Waals surface area (Å²) in [7, 11) is 1.60. The first-order valence-corrected chi connectivity index (χ1v) is 7.88. The summed E-state index contributed by atoms with van der Waals surface area (Å²) in [5.41, 5.74) is 5.91. The molecule has 128 valence electrons. The summed E-state index contributed by atoms with van der Waals surface area (Å²) in [6.45, 7) is 1.61. The highest BCUT2D eigenvalue weighted by molar-refractivity contribution is 8.00. The number of nitrogens with one attached hydrogen (secondary N) is 1. The number of amides is 3. The number of ether oxygens (including phenoxy) is 1. The molecule has 0 saturated carbocycles. The molecule has 24 heavy (non-hydrogen) atoms. The fourth-order valence-electron chi connectivity index (χ4n) is 1.87. The second-order valence-electron chi connectivity index (χ2n) is 4.91. The van der Waals surface area contributed by atoms with Gasteiger partial charge >= 0.3 is 6.03 Å². The maximum atomic E-state index is 11.7. The van der Waals surface area contributed by atoms with Crippen molar-refractivity contribution >= 4 is 23.7 Å². The molecule has 0 saturated heterocycles. The van der Waals surface area contributed by atoms with Crippen molar-refractivity contribution in [2.45, 2.75) is 23.8 Å². The normalized spacial score (nSPS) is 11.8. The number of primary amides is 1. The summed E-state index contributed by atoms with van der Waals surface area (Å²) < 4.78 is 6.43. The molecule has 5 N–H and O–H groups in total. The third kappa shape index (κ3) is 4.38. The number of rotatable bonds is 6. The summed E-state index contributed by atoms with van der Waals surface area (Å²) >= 11 is 1.08. The molecule has 0 unspecified atom stereocenters. The molecule has 0 aliphatic rings. The van der Waals surface area contributed by atoms with Crippen LogP contribution >= 0.6 is 11.8 Å². The number of nitrogens with two attached hydrogens (primary N) is 2. The lowest BCUT2D eigenvalue weighted by atomic mass is 10.1. The minimum absolute atomic E-state index is 0.366. The molecule has 0 bridgehead atoms. The molecule has 10 heteroatoms. The number of nitrogens with zero attached hydrogens (tertiary/aromatic N) is 3. The molecule has 0 aliphatic heterocycles. The van der Waals surface area contributed by atoms with E-state index in [1.54, 1.807) is 14.0 Å². The summed E-state index contributed by atoms with van der Waals surface area (Å²) in [6, 6.07) is 6.60. The Hall–Kier alpha value is -2.75. The van der Waals surface area contributed by atoms with Gasteiger partial charge in [-0.25, -0.2) is 9.47 Å². The molecule has 1 aromatic heterocycles. The van der Waals surface area contributed by atoms with Gasteiger partial charge in [0.05, 0.1) is 12.4 Å². The van der Waals surface area contributed by atoms with Crippen molar-refractivity contribution in [3.8, 4) is 5.75 Å². The zero-order valence-electron chi connectivity index (χ0n) is 13.2. The average Bonchev–Trinajstić information content (AvgIpc) is 2.88. The minimum atomic E-state index is -0.901. The van der Waals surface area contributed by atoms with Crippen molar-refractivity contribution in [1.82, 2.24) is 20.2 Å². The molecule has 0 aliphatic carbocycles. The number of carbonyl (C=O) groups excluding carboxylic acids is 2.